The molecule has 4 saturated heterocycles. The number of likely N-dealkylation sites (N-methyl/N-ethyl adjacent to an activating group) is 1. The molecule has 0 aliphatic carbocycles. The van der Waals surface area contributed by atoms with Gasteiger partial charge in [-0.05, 0) is 62.2 Å². The molecular formula is C37H39N7O7S3. The number of benzene rings is 3. The number of rotatable bonds is 10. The van der Waals surface area contributed by atoms with Crippen molar-refractivity contribution < 1.29 is 32.3 Å². The van der Waals surface area contributed by atoms with E-state index in [2.05, 4.69) is 15.6 Å². The van der Waals surface area contributed by atoms with Gasteiger partial charge < -0.3 is 19.7 Å². The molecule has 4 fully saturated rings. The molecule has 4 aromatic rings. The van der Waals surface area contributed by atoms with Crippen LogP contribution in [-0.4, -0.2) is 86.8 Å². The highest BCUT2D eigenvalue weighted by molar-refractivity contribution is 8.78. The first-order valence-electron chi connectivity index (χ1n) is 17.5. The number of ether oxygens (including phenoxy) is 2. The summed E-state index contributed by atoms with van der Waals surface area (Å²) in [6, 6.07) is 23.1. The standard InChI is InChI=1S/C37H39N7O7S3/c1-35(2,3)51-34(47)38-21-25-22-42(40-39-25)19-10-20-50-26-17-15-24(16-18-26)36-23-37-33(46)41(4)31(52-53-37)30(45)43(37)32(36)44(29-14-9-8-13-28(29)36)54(48,49)27-11-6-5-7-12-27/h5-9,11-18,22,31-32H,10,19-21,23H2,1-4H3,(H,38,47)/t31-,32-,36-,37-/m0/s1. The minimum absolute atomic E-state index is 0.0972. The molecule has 1 spiro atoms. The summed E-state index contributed by atoms with van der Waals surface area (Å²) in [6.07, 6.45) is 1.02. The molecule has 0 unspecified atom stereocenters. The molecule has 0 saturated carbocycles. The Hall–Kier alpha value is -4.74. The second-order valence-electron chi connectivity index (χ2n) is 14.6. The molecule has 6 heterocycles. The van der Waals surface area contributed by atoms with Crippen molar-refractivity contribution >= 4 is 55.2 Å². The fourth-order valence-corrected chi connectivity index (χ4v) is 13.0. The molecule has 1 aromatic heterocycles. The number of amides is 3. The number of nitrogens with zero attached hydrogens (tertiary/aromatic N) is 6. The zero-order valence-electron chi connectivity index (χ0n) is 30.0. The fraction of sp³-hybridized carbons (Fsp3) is 0.378. The van der Waals surface area contributed by atoms with Gasteiger partial charge in [-0.1, -0.05) is 75.3 Å². The molecule has 4 atom stereocenters. The number of piperazine rings is 1. The molecule has 0 radical (unpaired) electrons. The first kappa shape index (κ1) is 36.2. The highest BCUT2D eigenvalue weighted by Gasteiger charge is 2.77. The molecule has 3 amide bonds. The number of carbonyl (C=O) groups excluding carboxylic acids is 3. The van der Waals surface area contributed by atoms with Gasteiger partial charge in [-0.25, -0.2) is 17.5 Å². The van der Waals surface area contributed by atoms with Gasteiger partial charge in [-0.3, -0.25) is 19.2 Å². The predicted molar refractivity (Wildman–Crippen MR) is 203 cm³/mol. The molecule has 14 nitrogen and oxygen atoms in total. The van der Waals surface area contributed by atoms with Crippen molar-refractivity contribution in [2.75, 3.05) is 18.0 Å². The van der Waals surface area contributed by atoms with Gasteiger partial charge in [0.2, 0.25) is 0 Å². The Morgan fingerprint density at radius 1 is 1.02 bits per heavy atom. The Bertz CT molecular complexity index is 2230. The van der Waals surface area contributed by atoms with Crippen LogP contribution in [0.15, 0.2) is 90.0 Å². The minimum Gasteiger partial charge on any atom is -0.494 e. The van der Waals surface area contributed by atoms with Crippen LogP contribution in [-0.2, 0) is 42.9 Å². The summed E-state index contributed by atoms with van der Waals surface area (Å²) >= 11 is 0. The highest BCUT2D eigenvalue weighted by Crippen LogP contribution is 2.69. The predicted octanol–water partition coefficient (Wildman–Crippen LogP) is 4.71. The van der Waals surface area contributed by atoms with Gasteiger partial charge in [0.1, 0.15) is 23.2 Å². The van der Waals surface area contributed by atoms with E-state index in [0.29, 0.717) is 36.7 Å². The zero-order valence-corrected chi connectivity index (χ0v) is 32.5. The molecule has 282 valence electrons. The lowest BCUT2D eigenvalue weighted by molar-refractivity contribution is -0.158. The molecule has 5 aliphatic rings. The number of alkyl carbamates (subject to hydrolysis) is 1. The molecule has 5 aliphatic heterocycles. The Balaban J connectivity index is 1.05. The maximum atomic E-state index is 14.7. The molecule has 17 heteroatoms. The maximum Gasteiger partial charge on any atom is 0.407 e. The van der Waals surface area contributed by atoms with Gasteiger partial charge in [-0.15, -0.1) is 5.10 Å². The van der Waals surface area contributed by atoms with E-state index in [9.17, 15) is 22.8 Å². The van der Waals surface area contributed by atoms with Crippen molar-refractivity contribution in [2.45, 2.75) is 79.0 Å². The van der Waals surface area contributed by atoms with Gasteiger partial charge in [0.25, 0.3) is 21.8 Å². The van der Waals surface area contributed by atoms with Gasteiger partial charge in [0.15, 0.2) is 10.2 Å². The number of aromatic nitrogens is 3. The van der Waals surface area contributed by atoms with Gasteiger partial charge >= 0.3 is 6.09 Å². The number of hydrogen-bond donors (Lipinski definition) is 1. The third-order valence-electron chi connectivity index (χ3n) is 10.0. The van der Waals surface area contributed by atoms with Crippen LogP contribution in [0.2, 0.25) is 0 Å². The average molecular weight is 790 g/mol. The number of hydrogen-bond acceptors (Lipinski definition) is 11. The smallest absolute Gasteiger partial charge is 0.407 e. The molecule has 1 N–H and O–H groups in total. The van der Waals surface area contributed by atoms with Gasteiger partial charge in [0.05, 0.1) is 35.3 Å². The fourth-order valence-electron chi connectivity index (χ4n) is 7.81. The lowest BCUT2D eigenvalue weighted by atomic mass is 9.72. The largest absolute Gasteiger partial charge is 0.494 e. The third-order valence-corrected chi connectivity index (χ3v) is 15.1. The van der Waals surface area contributed by atoms with E-state index < -0.39 is 43.5 Å². The Morgan fingerprint density at radius 2 is 1.74 bits per heavy atom. The van der Waals surface area contributed by atoms with Crippen LogP contribution in [0.1, 0.15) is 50.4 Å². The molecule has 3 aromatic carbocycles. The van der Waals surface area contributed by atoms with Crippen molar-refractivity contribution in [3.8, 4) is 5.75 Å². The van der Waals surface area contributed by atoms with Crippen molar-refractivity contribution in [1.29, 1.82) is 0 Å². The van der Waals surface area contributed by atoms with Crippen molar-refractivity contribution in [1.82, 2.24) is 30.1 Å². The van der Waals surface area contributed by atoms with Crippen molar-refractivity contribution in [3.05, 3.63) is 102 Å². The van der Waals surface area contributed by atoms with Crippen molar-refractivity contribution in [2.24, 2.45) is 0 Å². The highest BCUT2D eigenvalue weighted by atomic mass is 33.1. The van der Waals surface area contributed by atoms with Crippen LogP contribution in [0.25, 0.3) is 0 Å². The summed E-state index contributed by atoms with van der Waals surface area (Å²) in [5, 5.41) is 10.2. The topological polar surface area (TPSA) is 156 Å². The quantitative estimate of drug-likeness (QED) is 0.175. The lowest BCUT2D eigenvalue weighted by Crippen LogP contribution is -2.72. The minimum atomic E-state index is -4.20. The first-order chi connectivity index (χ1) is 25.8. The van der Waals surface area contributed by atoms with Crippen LogP contribution in [0.5, 0.6) is 5.75 Å². The van der Waals surface area contributed by atoms with Crippen LogP contribution < -0.4 is 14.4 Å². The summed E-state index contributed by atoms with van der Waals surface area (Å²) in [7, 11) is 0.141. The van der Waals surface area contributed by atoms with E-state index in [0.717, 1.165) is 11.1 Å². The lowest BCUT2D eigenvalue weighted by Gasteiger charge is -2.53. The van der Waals surface area contributed by atoms with E-state index in [-0.39, 0.29) is 29.7 Å². The number of sulfonamides is 1. The van der Waals surface area contributed by atoms with E-state index in [1.54, 1.807) is 86.1 Å². The zero-order chi connectivity index (χ0) is 38.0. The summed E-state index contributed by atoms with van der Waals surface area (Å²) in [5.74, 6) is 0.115. The Labute approximate surface area is 321 Å². The molecule has 54 heavy (non-hydrogen) atoms. The SMILES string of the molecule is CN1C(=O)[C@@]23C[C@]4(c5ccc(OCCCn6cc(CNC(=O)OC(C)(C)C)nn6)cc5)c5ccccc5N(S(=O)(=O)c5ccccc5)[C@@H]4N2C(=O)[C@@H]1SS3. The van der Waals surface area contributed by atoms with Crippen LogP contribution in [0.3, 0.4) is 0 Å². The summed E-state index contributed by atoms with van der Waals surface area (Å²) in [4.78, 5) is 42.3. The van der Waals surface area contributed by atoms with Crippen molar-refractivity contribution in [3.63, 3.8) is 0 Å². The van der Waals surface area contributed by atoms with Crippen LogP contribution >= 0.6 is 21.6 Å². The Kier molecular flexibility index (Phi) is 8.88. The first-order valence-corrected chi connectivity index (χ1v) is 21.1. The summed E-state index contributed by atoms with van der Waals surface area (Å²) in [5.41, 5.74) is 0.917. The summed E-state index contributed by atoms with van der Waals surface area (Å²) < 4.78 is 43.8. The second-order valence-corrected chi connectivity index (χ2v) is 19.0. The molecule has 2 bridgehead atoms. The number of carbonyl (C=O) groups is 3. The summed E-state index contributed by atoms with van der Waals surface area (Å²) in [6.45, 7) is 6.50. The Morgan fingerprint density at radius 3 is 2.48 bits per heavy atom. The van der Waals surface area contributed by atoms with E-state index in [1.165, 1.54) is 30.8 Å². The number of para-hydroxylation sites is 1. The molecular weight excluding hydrogens is 751 g/mol. The van der Waals surface area contributed by atoms with E-state index in [1.807, 2.05) is 36.4 Å². The number of fused-ring (bicyclic) bond motifs is 5. The number of aryl methyl sites for hydroxylation is 1. The van der Waals surface area contributed by atoms with Gasteiger partial charge in [-0.2, -0.15) is 0 Å². The molecule has 9 rings (SSSR count). The van der Waals surface area contributed by atoms with Crippen LogP contribution in [0, 0.1) is 0 Å². The normalized spacial score (nSPS) is 24.3. The van der Waals surface area contributed by atoms with E-state index in [4.69, 9.17) is 9.47 Å². The maximum absolute atomic E-state index is 14.7. The second kappa shape index (κ2) is 13.2. The average Bonchev–Trinajstić information content (AvgIpc) is 3.81. The number of anilines is 1. The number of nitrogens with one attached hydrogen (secondary N) is 1. The van der Waals surface area contributed by atoms with Gasteiger partial charge in [0, 0.05) is 26.4 Å². The van der Waals surface area contributed by atoms with E-state index >= 15 is 0 Å². The third kappa shape index (κ3) is 5.78. The monoisotopic (exact) mass is 789 g/mol. The van der Waals surface area contributed by atoms with Crippen LogP contribution in [0.4, 0.5) is 10.5 Å².